The number of anilines is 1. The van der Waals surface area contributed by atoms with Crippen molar-refractivity contribution in [1.82, 2.24) is 10.6 Å². The summed E-state index contributed by atoms with van der Waals surface area (Å²) < 4.78 is 5.18. The Balaban J connectivity index is 1.84. The van der Waals surface area contributed by atoms with Crippen LogP contribution in [0.5, 0.6) is 5.75 Å². The highest BCUT2D eigenvalue weighted by Gasteiger charge is 2.21. The van der Waals surface area contributed by atoms with E-state index in [9.17, 15) is 9.59 Å². The molecule has 1 aromatic heterocycles. The molecule has 1 atom stereocenters. The highest BCUT2D eigenvalue weighted by Crippen LogP contribution is 2.36. The van der Waals surface area contributed by atoms with Gasteiger partial charge in [-0.15, -0.1) is 11.3 Å². The lowest BCUT2D eigenvalue weighted by molar-refractivity contribution is 0.0937. The van der Waals surface area contributed by atoms with Gasteiger partial charge >= 0.3 is 6.03 Å². The van der Waals surface area contributed by atoms with Crippen molar-refractivity contribution in [2.24, 2.45) is 5.73 Å². The third-order valence-electron chi connectivity index (χ3n) is 4.47. The zero-order valence-corrected chi connectivity index (χ0v) is 16.0. The van der Waals surface area contributed by atoms with E-state index in [0.717, 1.165) is 48.5 Å². The molecule has 1 aliphatic heterocycles. The Morgan fingerprint density at radius 1 is 1.26 bits per heavy atom. The molecular weight excluding hydrogens is 364 g/mol. The first-order valence-electron chi connectivity index (χ1n) is 8.93. The van der Waals surface area contributed by atoms with Crippen molar-refractivity contribution in [2.75, 3.05) is 25.5 Å². The first-order valence-corrected chi connectivity index (χ1v) is 9.75. The van der Waals surface area contributed by atoms with Crippen LogP contribution in [0.25, 0.3) is 10.4 Å². The van der Waals surface area contributed by atoms with Crippen molar-refractivity contribution < 1.29 is 14.3 Å². The Bertz CT molecular complexity index is 796. The average Bonchev–Trinajstić information content (AvgIpc) is 2.89. The van der Waals surface area contributed by atoms with Gasteiger partial charge in [-0.05, 0) is 55.3 Å². The van der Waals surface area contributed by atoms with E-state index in [4.69, 9.17) is 10.5 Å². The Kier molecular flexibility index (Phi) is 6.31. The minimum Gasteiger partial charge on any atom is -0.497 e. The summed E-state index contributed by atoms with van der Waals surface area (Å²) in [7, 11) is 1.61. The standard InChI is InChI=1S/C19H24N4O3S/c1-26-14-7-5-12(6-8-14)16-10-15(18(27-16)23-19(20)25)17(24)22-13-4-2-3-9-21-11-13/h5-8,10,13,21H,2-4,9,11H2,1H3,(H,22,24)(H3,20,23,25)/t13-/m1/s1. The summed E-state index contributed by atoms with van der Waals surface area (Å²) >= 11 is 1.32. The Morgan fingerprint density at radius 3 is 2.74 bits per heavy atom. The van der Waals surface area contributed by atoms with Gasteiger partial charge in [0.1, 0.15) is 10.8 Å². The topological polar surface area (TPSA) is 105 Å². The second-order valence-electron chi connectivity index (χ2n) is 6.44. The molecule has 5 N–H and O–H groups in total. The summed E-state index contributed by atoms with van der Waals surface area (Å²) in [6, 6.07) is 8.71. The van der Waals surface area contributed by atoms with Crippen molar-refractivity contribution in [3.8, 4) is 16.2 Å². The third-order valence-corrected chi connectivity index (χ3v) is 5.57. The highest BCUT2D eigenvalue weighted by molar-refractivity contribution is 7.20. The van der Waals surface area contributed by atoms with Crippen molar-refractivity contribution in [3.63, 3.8) is 0 Å². The van der Waals surface area contributed by atoms with Crippen LogP contribution in [0.1, 0.15) is 29.6 Å². The summed E-state index contributed by atoms with van der Waals surface area (Å²) in [5.74, 6) is 0.549. The number of rotatable bonds is 5. The van der Waals surface area contributed by atoms with Crippen LogP contribution in [-0.2, 0) is 0 Å². The molecule has 3 amide bonds. The van der Waals surface area contributed by atoms with E-state index in [-0.39, 0.29) is 11.9 Å². The zero-order valence-electron chi connectivity index (χ0n) is 15.2. The number of nitrogens with one attached hydrogen (secondary N) is 3. The number of primary amides is 1. The van der Waals surface area contributed by atoms with Crippen molar-refractivity contribution in [1.29, 1.82) is 0 Å². The number of ether oxygens (including phenoxy) is 1. The van der Waals surface area contributed by atoms with Gasteiger partial charge in [-0.1, -0.05) is 6.42 Å². The molecule has 0 radical (unpaired) electrons. The second kappa shape index (κ2) is 8.88. The van der Waals surface area contributed by atoms with E-state index in [1.807, 2.05) is 24.3 Å². The Hall–Kier alpha value is -2.58. The molecule has 1 aliphatic rings. The molecule has 3 rings (SSSR count). The molecule has 8 heteroatoms. The highest BCUT2D eigenvalue weighted by atomic mass is 32.1. The number of hydrogen-bond acceptors (Lipinski definition) is 5. The number of carbonyl (C=O) groups is 2. The lowest BCUT2D eigenvalue weighted by atomic mass is 10.1. The van der Waals surface area contributed by atoms with Gasteiger partial charge in [0.05, 0.1) is 12.7 Å². The average molecular weight is 388 g/mol. The van der Waals surface area contributed by atoms with Crippen LogP contribution in [0.3, 0.4) is 0 Å². The number of thiophene rings is 1. The number of urea groups is 1. The maximum Gasteiger partial charge on any atom is 0.317 e. The van der Waals surface area contributed by atoms with Crippen LogP contribution < -0.4 is 26.4 Å². The number of amides is 3. The molecule has 0 spiro atoms. The summed E-state index contributed by atoms with van der Waals surface area (Å²) in [4.78, 5) is 25.1. The van der Waals surface area contributed by atoms with Gasteiger partial charge < -0.3 is 21.1 Å². The Labute approximate surface area is 162 Å². The Morgan fingerprint density at radius 2 is 2.04 bits per heavy atom. The maximum atomic E-state index is 12.8. The van der Waals surface area contributed by atoms with E-state index in [2.05, 4.69) is 16.0 Å². The number of hydrogen-bond donors (Lipinski definition) is 4. The fourth-order valence-corrected chi connectivity index (χ4v) is 4.13. The molecule has 1 aromatic carbocycles. The van der Waals surface area contributed by atoms with Crippen LogP contribution in [-0.4, -0.2) is 38.2 Å². The van der Waals surface area contributed by atoms with Crippen LogP contribution >= 0.6 is 11.3 Å². The zero-order chi connectivity index (χ0) is 19.2. The van der Waals surface area contributed by atoms with Gasteiger partial charge in [-0.2, -0.15) is 0 Å². The van der Waals surface area contributed by atoms with Crippen LogP contribution in [0, 0.1) is 0 Å². The molecule has 1 saturated heterocycles. The van der Waals surface area contributed by atoms with Gasteiger partial charge in [-0.25, -0.2) is 4.79 Å². The minimum atomic E-state index is -0.691. The third kappa shape index (κ3) is 4.99. The summed E-state index contributed by atoms with van der Waals surface area (Å²) in [6.45, 7) is 1.72. The molecule has 2 aromatic rings. The van der Waals surface area contributed by atoms with E-state index in [1.54, 1.807) is 13.2 Å². The number of carbonyl (C=O) groups excluding carboxylic acids is 2. The smallest absolute Gasteiger partial charge is 0.317 e. The molecule has 0 aliphatic carbocycles. The van der Waals surface area contributed by atoms with Gasteiger partial charge in [0.15, 0.2) is 0 Å². The lowest BCUT2D eigenvalue weighted by Gasteiger charge is -2.16. The molecule has 1 fully saturated rings. The molecule has 7 nitrogen and oxygen atoms in total. The fraction of sp³-hybridized carbons (Fsp3) is 0.368. The molecule has 2 heterocycles. The predicted molar refractivity (Wildman–Crippen MR) is 107 cm³/mol. The first-order chi connectivity index (χ1) is 13.1. The molecule has 0 saturated carbocycles. The van der Waals surface area contributed by atoms with Crippen molar-refractivity contribution >= 4 is 28.3 Å². The largest absolute Gasteiger partial charge is 0.497 e. The number of benzene rings is 1. The summed E-state index contributed by atoms with van der Waals surface area (Å²) in [5, 5.41) is 9.42. The van der Waals surface area contributed by atoms with E-state index < -0.39 is 6.03 Å². The predicted octanol–water partition coefficient (Wildman–Crippen LogP) is 2.79. The molecule has 0 bridgehead atoms. The molecule has 0 unspecified atom stereocenters. The lowest BCUT2D eigenvalue weighted by Crippen LogP contribution is -2.41. The normalized spacial score (nSPS) is 17.0. The first kappa shape index (κ1) is 19.2. The molecule has 27 heavy (non-hydrogen) atoms. The van der Waals surface area contributed by atoms with Gasteiger partial charge in [-0.3, -0.25) is 10.1 Å². The monoisotopic (exact) mass is 388 g/mol. The summed E-state index contributed by atoms with van der Waals surface area (Å²) in [5.41, 5.74) is 6.64. The van der Waals surface area contributed by atoms with E-state index in [1.165, 1.54) is 11.3 Å². The molecule has 144 valence electrons. The number of nitrogens with two attached hydrogens (primary N) is 1. The van der Waals surface area contributed by atoms with Crippen LogP contribution in [0.4, 0.5) is 9.80 Å². The maximum absolute atomic E-state index is 12.8. The SMILES string of the molecule is COc1ccc(-c2cc(C(=O)N[C@@H]3CCCCNC3)c(NC(N)=O)s2)cc1. The van der Waals surface area contributed by atoms with Crippen molar-refractivity contribution in [2.45, 2.75) is 25.3 Å². The van der Waals surface area contributed by atoms with Crippen LogP contribution in [0.15, 0.2) is 30.3 Å². The quantitative estimate of drug-likeness (QED) is 0.632. The van der Waals surface area contributed by atoms with Crippen molar-refractivity contribution in [3.05, 3.63) is 35.9 Å². The van der Waals surface area contributed by atoms with E-state index >= 15 is 0 Å². The number of methoxy groups -OCH3 is 1. The molecular formula is C19H24N4O3S. The van der Waals surface area contributed by atoms with E-state index in [0.29, 0.717) is 10.6 Å². The van der Waals surface area contributed by atoms with Gasteiger partial charge in [0.25, 0.3) is 5.91 Å². The summed E-state index contributed by atoms with van der Waals surface area (Å²) in [6.07, 6.45) is 3.12. The minimum absolute atomic E-state index is 0.0748. The van der Waals surface area contributed by atoms with Crippen LogP contribution in [0.2, 0.25) is 0 Å². The fourth-order valence-electron chi connectivity index (χ4n) is 3.07. The van der Waals surface area contributed by atoms with Gasteiger partial charge in [0.2, 0.25) is 0 Å². The second-order valence-corrected chi connectivity index (χ2v) is 7.49. The van der Waals surface area contributed by atoms with Gasteiger partial charge in [0, 0.05) is 17.5 Å².